The van der Waals surface area contributed by atoms with Gasteiger partial charge in [-0.3, -0.25) is 10.1 Å². The monoisotopic (exact) mass is 329 g/mol. The number of hydrogen-bond acceptors (Lipinski definition) is 6. The quantitative estimate of drug-likeness (QED) is 0.285. The van der Waals surface area contributed by atoms with Crippen molar-refractivity contribution in [2.45, 2.75) is 6.92 Å². The van der Waals surface area contributed by atoms with E-state index in [1.165, 1.54) is 24.3 Å². The van der Waals surface area contributed by atoms with Gasteiger partial charge in [0.15, 0.2) is 12.4 Å². The first-order chi connectivity index (χ1) is 11.5. The Balaban J connectivity index is 1.91. The number of hydrogen-bond donors (Lipinski definition) is 1. The maximum Gasteiger partial charge on any atom is 0.372 e. The van der Waals surface area contributed by atoms with Crippen LogP contribution in [0.5, 0.6) is 5.75 Å². The summed E-state index contributed by atoms with van der Waals surface area (Å²) in [6.45, 7) is 1.60. The van der Waals surface area contributed by atoms with Crippen molar-refractivity contribution in [2.24, 2.45) is 10.9 Å². The van der Waals surface area contributed by atoms with Crippen LogP contribution in [0.4, 0.5) is 5.69 Å². The van der Waals surface area contributed by atoms with E-state index in [-0.39, 0.29) is 23.7 Å². The van der Waals surface area contributed by atoms with Gasteiger partial charge in [0, 0.05) is 17.7 Å². The molecule has 0 aromatic heterocycles. The summed E-state index contributed by atoms with van der Waals surface area (Å²) < 4.78 is 5.24. The SMILES string of the molecule is Cc1ccc(OCC(=O)ON=C(N)c2cccc([N+](=O)[O-])c2)cc1. The van der Waals surface area contributed by atoms with Crippen LogP contribution in [0, 0.1) is 17.0 Å². The van der Waals surface area contributed by atoms with E-state index in [1.54, 1.807) is 12.1 Å². The van der Waals surface area contributed by atoms with Crippen LogP contribution >= 0.6 is 0 Å². The predicted molar refractivity (Wildman–Crippen MR) is 86.6 cm³/mol. The van der Waals surface area contributed by atoms with Gasteiger partial charge in [-0.1, -0.05) is 35.0 Å². The smallest absolute Gasteiger partial charge is 0.372 e. The molecule has 2 aromatic carbocycles. The molecule has 0 aliphatic carbocycles. The largest absolute Gasteiger partial charge is 0.482 e. The first-order valence-corrected chi connectivity index (χ1v) is 6.93. The topological polar surface area (TPSA) is 117 Å². The van der Waals surface area contributed by atoms with E-state index < -0.39 is 10.9 Å². The number of non-ortho nitro benzene ring substituents is 1. The van der Waals surface area contributed by atoms with E-state index in [0.29, 0.717) is 5.75 Å². The summed E-state index contributed by atoms with van der Waals surface area (Å²) in [6.07, 6.45) is 0. The highest BCUT2D eigenvalue weighted by Gasteiger charge is 2.10. The van der Waals surface area contributed by atoms with E-state index >= 15 is 0 Å². The number of oxime groups is 1. The van der Waals surface area contributed by atoms with E-state index in [4.69, 9.17) is 10.5 Å². The molecule has 2 rings (SSSR count). The number of nitrogens with zero attached hydrogens (tertiary/aromatic N) is 2. The lowest BCUT2D eigenvalue weighted by atomic mass is 10.2. The van der Waals surface area contributed by atoms with Crippen LogP contribution < -0.4 is 10.5 Å². The van der Waals surface area contributed by atoms with Gasteiger partial charge < -0.3 is 15.3 Å². The molecule has 0 atom stereocenters. The highest BCUT2D eigenvalue weighted by atomic mass is 16.7. The third-order valence-corrected chi connectivity index (χ3v) is 2.98. The van der Waals surface area contributed by atoms with Crippen molar-refractivity contribution in [2.75, 3.05) is 6.61 Å². The molecule has 0 bridgehead atoms. The second-order valence-electron chi connectivity index (χ2n) is 4.85. The third-order valence-electron chi connectivity index (χ3n) is 2.98. The number of amidine groups is 1. The van der Waals surface area contributed by atoms with Gasteiger partial charge in [0.05, 0.1) is 4.92 Å². The molecule has 2 aromatic rings. The van der Waals surface area contributed by atoms with Crippen molar-refractivity contribution in [3.05, 3.63) is 69.8 Å². The molecule has 0 unspecified atom stereocenters. The van der Waals surface area contributed by atoms with Gasteiger partial charge in [-0.15, -0.1) is 0 Å². The summed E-state index contributed by atoms with van der Waals surface area (Å²) in [5.74, 6) is -0.375. The van der Waals surface area contributed by atoms with Crippen LogP contribution in [-0.2, 0) is 9.63 Å². The number of benzene rings is 2. The molecular weight excluding hydrogens is 314 g/mol. The lowest BCUT2D eigenvalue weighted by Crippen LogP contribution is -2.18. The fourth-order valence-corrected chi connectivity index (χ4v) is 1.73. The lowest BCUT2D eigenvalue weighted by molar-refractivity contribution is -0.384. The molecule has 8 heteroatoms. The fraction of sp³-hybridized carbons (Fsp3) is 0.125. The van der Waals surface area contributed by atoms with Crippen LogP contribution in [0.15, 0.2) is 53.7 Å². The molecule has 8 nitrogen and oxygen atoms in total. The minimum Gasteiger partial charge on any atom is -0.482 e. The highest BCUT2D eigenvalue weighted by molar-refractivity contribution is 5.97. The Morgan fingerprint density at radius 2 is 1.96 bits per heavy atom. The molecule has 0 saturated heterocycles. The standard InChI is InChI=1S/C16H15N3O5/c1-11-5-7-14(8-6-11)23-10-15(20)24-18-16(17)12-3-2-4-13(9-12)19(21)22/h2-9H,10H2,1H3,(H2,17,18). The molecule has 0 spiro atoms. The average Bonchev–Trinajstić information content (AvgIpc) is 2.59. The molecule has 124 valence electrons. The first-order valence-electron chi connectivity index (χ1n) is 6.93. The zero-order valence-electron chi connectivity index (χ0n) is 12.8. The number of carbonyl (C=O) groups excluding carboxylic acids is 1. The zero-order valence-corrected chi connectivity index (χ0v) is 12.8. The van der Waals surface area contributed by atoms with Crippen molar-refractivity contribution in [1.82, 2.24) is 0 Å². The summed E-state index contributed by atoms with van der Waals surface area (Å²) in [7, 11) is 0. The van der Waals surface area contributed by atoms with E-state index in [2.05, 4.69) is 9.99 Å². The maximum atomic E-state index is 11.6. The molecule has 0 heterocycles. The Hall–Kier alpha value is -3.42. The second-order valence-corrected chi connectivity index (χ2v) is 4.85. The van der Waals surface area contributed by atoms with Crippen molar-refractivity contribution in [3.8, 4) is 5.75 Å². The summed E-state index contributed by atoms with van der Waals surface area (Å²) in [5.41, 5.74) is 6.85. The first kappa shape index (κ1) is 16.9. The molecule has 0 fully saturated rings. The van der Waals surface area contributed by atoms with Crippen LogP contribution in [0.3, 0.4) is 0 Å². The van der Waals surface area contributed by atoms with Gasteiger partial charge in [-0.2, -0.15) is 0 Å². The molecule has 0 saturated carbocycles. The van der Waals surface area contributed by atoms with E-state index in [9.17, 15) is 14.9 Å². The lowest BCUT2D eigenvalue weighted by Gasteiger charge is -2.05. The van der Waals surface area contributed by atoms with E-state index in [1.807, 2.05) is 19.1 Å². The third kappa shape index (κ3) is 4.80. The van der Waals surface area contributed by atoms with Crippen LogP contribution in [-0.4, -0.2) is 23.3 Å². The van der Waals surface area contributed by atoms with Gasteiger partial charge in [-0.05, 0) is 19.1 Å². The minimum absolute atomic E-state index is 0.139. The minimum atomic E-state index is -0.746. The normalized spacial score (nSPS) is 11.0. The van der Waals surface area contributed by atoms with Crippen molar-refractivity contribution in [3.63, 3.8) is 0 Å². The van der Waals surface area contributed by atoms with Gasteiger partial charge >= 0.3 is 5.97 Å². The molecule has 0 aliphatic rings. The number of nitro benzene ring substituents is 1. The fourth-order valence-electron chi connectivity index (χ4n) is 1.73. The number of aryl methyl sites for hydroxylation is 1. The molecule has 0 aliphatic heterocycles. The summed E-state index contributed by atoms with van der Waals surface area (Å²) in [5, 5.41) is 14.2. The van der Waals surface area contributed by atoms with Crippen molar-refractivity contribution < 1.29 is 19.3 Å². The number of carbonyl (C=O) groups is 1. The Morgan fingerprint density at radius 3 is 2.62 bits per heavy atom. The van der Waals surface area contributed by atoms with Gasteiger partial charge in [0.25, 0.3) is 5.69 Å². The van der Waals surface area contributed by atoms with Gasteiger partial charge in [0.1, 0.15) is 5.75 Å². The molecule has 24 heavy (non-hydrogen) atoms. The van der Waals surface area contributed by atoms with Gasteiger partial charge in [0.2, 0.25) is 0 Å². The van der Waals surface area contributed by atoms with Crippen LogP contribution in [0.25, 0.3) is 0 Å². The van der Waals surface area contributed by atoms with E-state index in [0.717, 1.165) is 5.56 Å². The Bertz CT molecular complexity index is 772. The molecule has 0 amide bonds. The Kier molecular flexibility index (Phi) is 5.45. The summed E-state index contributed by atoms with van der Waals surface area (Å²) in [4.78, 5) is 26.4. The number of nitro groups is 1. The zero-order chi connectivity index (χ0) is 17.5. The van der Waals surface area contributed by atoms with Crippen molar-refractivity contribution in [1.29, 1.82) is 0 Å². The van der Waals surface area contributed by atoms with Crippen LogP contribution in [0.2, 0.25) is 0 Å². The average molecular weight is 329 g/mol. The predicted octanol–water partition coefficient (Wildman–Crippen LogP) is 2.15. The number of rotatable bonds is 6. The summed E-state index contributed by atoms with van der Waals surface area (Å²) in [6, 6.07) is 12.7. The Morgan fingerprint density at radius 1 is 1.25 bits per heavy atom. The molecular formula is C16H15N3O5. The highest BCUT2D eigenvalue weighted by Crippen LogP contribution is 2.13. The number of ether oxygens (including phenoxy) is 1. The van der Waals surface area contributed by atoms with Crippen LogP contribution in [0.1, 0.15) is 11.1 Å². The second kappa shape index (κ2) is 7.73. The summed E-state index contributed by atoms with van der Waals surface area (Å²) >= 11 is 0. The molecule has 0 radical (unpaired) electrons. The maximum absolute atomic E-state index is 11.6. The number of nitrogens with two attached hydrogens (primary N) is 1. The van der Waals surface area contributed by atoms with Crippen molar-refractivity contribution >= 4 is 17.5 Å². The Labute approximate surface area is 137 Å². The molecule has 2 N–H and O–H groups in total. The van der Waals surface area contributed by atoms with Gasteiger partial charge in [-0.25, -0.2) is 4.79 Å².